The van der Waals surface area contributed by atoms with Gasteiger partial charge in [-0.25, -0.2) is 9.37 Å². The normalized spacial score (nSPS) is 16.5. The van der Waals surface area contributed by atoms with Gasteiger partial charge >= 0.3 is 0 Å². The highest BCUT2D eigenvalue weighted by Gasteiger charge is 2.25. The van der Waals surface area contributed by atoms with Crippen molar-refractivity contribution in [3.63, 3.8) is 0 Å². The van der Waals surface area contributed by atoms with Crippen molar-refractivity contribution in [2.45, 2.75) is 31.2 Å². The number of thioether (sulfide) groups is 1. The smallest absolute Gasteiger partial charge is 0.252 e. The quantitative estimate of drug-likeness (QED) is 0.747. The molecule has 1 atom stereocenters. The predicted molar refractivity (Wildman–Crippen MR) is 99.9 cm³/mol. The molecule has 0 unspecified atom stereocenters. The molecule has 26 heavy (non-hydrogen) atoms. The number of carbonyl (C=O) groups is 1. The fraction of sp³-hybridized carbons (Fsp3) is 0.316. The van der Waals surface area contributed by atoms with Crippen LogP contribution in [0.15, 0.2) is 29.2 Å². The van der Waals surface area contributed by atoms with Crippen LogP contribution in [0.3, 0.4) is 0 Å². The van der Waals surface area contributed by atoms with E-state index in [9.17, 15) is 9.18 Å². The van der Waals surface area contributed by atoms with E-state index >= 15 is 0 Å². The summed E-state index contributed by atoms with van der Waals surface area (Å²) in [4.78, 5) is 18.6. The van der Waals surface area contributed by atoms with E-state index in [1.165, 1.54) is 12.1 Å². The number of hydrogen-bond donors (Lipinski definition) is 1. The third kappa shape index (κ3) is 2.86. The van der Waals surface area contributed by atoms with E-state index in [1.807, 2.05) is 20.9 Å². The molecule has 0 bridgehead atoms. The van der Waals surface area contributed by atoms with Gasteiger partial charge in [0.15, 0.2) is 5.65 Å². The van der Waals surface area contributed by atoms with Crippen LogP contribution in [-0.4, -0.2) is 26.4 Å². The third-order valence-electron chi connectivity index (χ3n) is 4.66. The molecule has 0 aliphatic carbocycles. The average molecular weight is 370 g/mol. The van der Waals surface area contributed by atoms with E-state index in [1.54, 1.807) is 28.6 Å². The minimum atomic E-state index is -0.282. The van der Waals surface area contributed by atoms with Gasteiger partial charge in [0.25, 0.3) is 5.91 Å². The summed E-state index contributed by atoms with van der Waals surface area (Å²) in [6, 6.07) is 6.36. The Morgan fingerprint density at radius 2 is 2.15 bits per heavy atom. The van der Waals surface area contributed by atoms with E-state index in [4.69, 9.17) is 0 Å². The van der Waals surface area contributed by atoms with Gasteiger partial charge in [-0.2, -0.15) is 5.10 Å². The number of fused-ring (bicyclic) bond motifs is 2. The van der Waals surface area contributed by atoms with Crippen LogP contribution in [0.2, 0.25) is 0 Å². The summed E-state index contributed by atoms with van der Waals surface area (Å²) in [5, 5.41) is 8.24. The lowest BCUT2D eigenvalue weighted by molar-refractivity contribution is 0.0936. The van der Waals surface area contributed by atoms with E-state index in [0.29, 0.717) is 11.2 Å². The zero-order chi connectivity index (χ0) is 18.4. The van der Waals surface area contributed by atoms with Gasteiger partial charge in [0.1, 0.15) is 5.82 Å². The van der Waals surface area contributed by atoms with Crippen LogP contribution in [0.1, 0.15) is 39.8 Å². The number of carbonyl (C=O) groups excluding carboxylic acids is 1. The van der Waals surface area contributed by atoms with Crippen LogP contribution >= 0.6 is 11.8 Å². The van der Waals surface area contributed by atoms with Gasteiger partial charge in [-0.05, 0) is 50.1 Å². The van der Waals surface area contributed by atoms with Gasteiger partial charge in [-0.15, -0.1) is 11.8 Å². The molecule has 1 aliphatic heterocycles. The molecule has 0 saturated heterocycles. The molecule has 1 aliphatic rings. The standard InChI is InChI=1S/C19H19FN4OS/c1-10-8-14(17-11(2)23-24(3)18(17)21-10)19(25)22-15-6-7-26-16-5-4-12(20)9-13(15)16/h4-5,8-9,15H,6-7H2,1-3H3,(H,22,25)/t15-/m0/s1. The number of hydrogen-bond acceptors (Lipinski definition) is 4. The van der Waals surface area contributed by atoms with Crippen molar-refractivity contribution in [1.82, 2.24) is 20.1 Å². The lowest BCUT2D eigenvalue weighted by atomic mass is 10.0. The Labute approximate surface area is 155 Å². The Morgan fingerprint density at radius 3 is 2.96 bits per heavy atom. The summed E-state index contributed by atoms with van der Waals surface area (Å²) in [5.41, 5.74) is 3.63. The van der Waals surface area contributed by atoms with Gasteiger partial charge in [0.2, 0.25) is 0 Å². The van der Waals surface area contributed by atoms with Crippen LogP contribution in [-0.2, 0) is 7.05 Å². The van der Waals surface area contributed by atoms with Gasteiger partial charge < -0.3 is 5.32 Å². The molecule has 7 heteroatoms. The summed E-state index contributed by atoms with van der Waals surface area (Å²) in [6.45, 7) is 3.73. The number of pyridine rings is 1. The fourth-order valence-electron chi connectivity index (χ4n) is 3.50. The maximum atomic E-state index is 13.7. The second-order valence-electron chi connectivity index (χ2n) is 6.56. The van der Waals surface area contributed by atoms with E-state index < -0.39 is 0 Å². The maximum absolute atomic E-state index is 13.7. The molecule has 5 nitrogen and oxygen atoms in total. The molecular weight excluding hydrogens is 351 g/mol. The van der Waals surface area contributed by atoms with Crippen molar-refractivity contribution in [1.29, 1.82) is 0 Å². The molecule has 3 aromatic rings. The van der Waals surface area contributed by atoms with Gasteiger partial charge in [-0.3, -0.25) is 9.48 Å². The Kier molecular flexibility index (Phi) is 4.19. The van der Waals surface area contributed by atoms with Gasteiger partial charge in [0.05, 0.1) is 22.7 Å². The van der Waals surface area contributed by atoms with Gasteiger partial charge in [-0.1, -0.05) is 0 Å². The number of benzene rings is 1. The molecule has 1 amide bonds. The minimum absolute atomic E-state index is 0.177. The fourth-order valence-corrected chi connectivity index (χ4v) is 4.61. The molecule has 0 spiro atoms. The minimum Gasteiger partial charge on any atom is -0.345 e. The van der Waals surface area contributed by atoms with Crippen LogP contribution < -0.4 is 5.32 Å². The Hall–Kier alpha value is -2.41. The van der Waals surface area contributed by atoms with E-state index in [2.05, 4.69) is 15.4 Å². The molecule has 0 fully saturated rings. The monoisotopic (exact) mass is 370 g/mol. The summed E-state index contributed by atoms with van der Waals surface area (Å²) < 4.78 is 15.4. The zero-order valence-electron chi connectivity index (χ0n) is 14.8. The number of halogens is 1. The number of nitrogens with one attached hydrogen (secondary N) is 1. The second kappa shape index (κ2) is 6.39. The molecule has 1 aromatic carbocycles. The number of aromatic nitrogens is 3. The largest absolute Gasteiger partial charge is 0.345 e. The van der Waals surface area contributed by atoms with Crippen molar-refractivity contribution < 1.29 is 9.18 Å². The molecule has 0 radical (unpaired) electrons. The second-order valence-corrected chi connectivity index (χ2v) is 7.70. The average Bonchev–Trinajstić information content (AvgIpc) is 2.88. The molecule has 2 aromatic heterocycles. The topological polar surface area (TPSA) is 59.8 Å². The molecule has 134 valence electrons. The molecular formula is C19H19FN4OS. The first-order valence-electron chi connectivity index (χ1n) is 8.48. The SMILES string of the molecule is Cc1cc(C(=O)N[C@H]2CCSc3ccc(F)cc32)c2c(C)nn(C)c2n1. The Morgan fingerprint density at radius 1 is 1.35 bits per heavy atom. The maximum Gasteiger partial charge on any atom is 0.252 e. The summed E-state index contributed by atoms with van der Waals surface area (Å²) >= 11 is 1.69. The highest BCUT2D eigenvalue weighted by atomic mass is 32.2. The molecule has 4 rings (SSSR count). The van der Waals surface area contributed by atoms with Crippen molar-refractivity contribution in [2.75, 3.05) is 5.75 Å². The lowest BCUT2D eigenvalue weighted by Gasteiger charge is -2.26. The number of nitrogens with zero attached hydrogens (tertiary/aromatic N) is 3. The van der Waals surface area contributed by atoms with Crippen molar-refractivity contribution >= 4 is 28.7 Å². The number of amides is 1. The summed E-state index contributed by atoms with van der Waals surface area (Å²) in [7, 11) is 1.82. The third-order valence-corrected chi connectivity index (χ3v) is 5.78. The van der Waals surface area contributed by atoms with Gasteiger partial charge in [0, 0.05) is 23.4 Å². The molecule has 3 heterocycles. The predicted octanol–water partition coefficient (Wildman–Crippen LogP) is 3.69. The first-order chi connectivity index (χ1) is 12.4. The Bertz CT molecular complexity index is 1030. The van der Waals surface area contributed by atoms with Crippen LogP contribution in [0, 0.1) is 19.7 Å². The summed E-state index contributed by atoms with van der Waals surface area (Å²) in [6.07, 6.45) is 0.770. The Balaban J connectivity index is 1.73. The highest BCUT2D eigenvalue weighted by molar-refractivity contribution is 7.99. The first kappa shape index (κ1) is 17.0. The molecule has 0 saturated carbocycles. The van der Waals surface area contributed by atoms with Crippen LogP contribution in [0.4, 0.5) is 4.39 Å². The van der Waals surface area contributed by atoms with Crippen molar-refractivity contribution in [3.8, 4) is 0 Å². The van der Waals surface area contributed by atoms with Crippen LogP contribution in [0.5, 0.6) is 0 Å². The lowest BCUT2D eigenvalue weighted by Crippen LogP contribution is -2.31. The highest BCUT2D eigenvalue weighted by Crippen LogP contribution is 2.36. The first-order valence-corrected chi connectivity index (χ1v) is 9.46. The van der Waals surface area contributed by atoms with Crippen LogP contribution in [0.25, 0.3) is 11.0 Å². The number of rotatable bonds is 2. The summed E-state index contributed by atoms with van der Waals surface area (Å²) in [5.74, 6) is 0.430. The number of aryl methyl sites for hydroxylation is 3. The van der Waals surface area contributed by atoms with E-state index in [-0.39, 0.29) is 17.8 Å². The zero-order valence-corrected chi connectivity index (χ0v) is 15.7. The van der Waals surface area contributed by atoms with Crippen molar-refractivity contribution in [2.24, 2.45) is 7.05 Å². The van der Waals surface area contributed by atoms with Crippen molar-refractivity contribution in [3.05, 3.63) is 52.6 Å². The molecule has 1 N–H and O–H groups in total. The van der Waals surface area contributed by atoms with E-state index in [0.717, 1.165) is 39.4 Å².